The maximum absolute atomic E-state index is 13.0. The van der Waals surface area contributed by atoms with Gasteiger partial charge in [0, 0.05) is 25.6 Å². The summed E-state index contributed by atoms with van der Waals surface area (Å²) >= 11 is 0. The van der Waals surface area contributed by atoms with Crippen LogP contribution in [0.2, 0.25) is 0 Å². The highest BCUT2D eigenvalue weighted by Crippen LogP contribution is 2.33. The number of methoxy groups -OCH3 is 1. The molecule has 0 saturated carbocycles. The molecule has 5 rings (SSSR count). The van der Waals surface area contributed by atoms with E-state index in [4.69, 9.17) is 18.7 Å². The van der Waals surface area contributed by atoms with Gasteiger partial charge in [-0.3, -0.25) is 9.59 Å². The summed E-state index contributed by atoms with van der Waals surface area (Å²) in [6.07, 6.45) is 1.36. The van der Waals surface area contributed by atoms with E-state index in [2.05, 4.69) is 10.5 Å². The first-order valence-electron chi connectivity index (χ1n) is 12.5. The van der Waals surface area contributed by atoms with Crippen molar-refractivity contribution in [3.05, 3.63) is 71.1 Å². The highest BCUT2D eigenvalue weighted by molar-refractivity contribution is 5.79. The first-order chi connectivity index (χ1) is 18.0. The van der Waals surface area contributed by atoms with Crippen LogP contribution in [0.3, 0.4) is 0 Å². The lowest BCUT2D eigenvalue weighted by Gasteiger charge is -2.38. The molecular formula is C28H31N3O6. The molecule has 2 aliphatic heterocycles. The fraction of sp³-hybridized carbons (Fsp3) is 0.393. The Hall–Kier alpha value is -3.85. The van der Waals surface area contributed by atoms with Crippen LogP contribution < -0.4 is 14.8 Å². The first-order valence-corrected chi connectivity index (χ1v) is 12.5. The number of aromatic nitrogens is 1. The Kier molecular flexibility index (Phi) is 7.41. The number of ether oxygens (including phenoxy) is 3. The zero-order valence-electron chi connectivity index (χ0n) is 21.1. The molecule has 9 nitrogen and oxygen atoms in total. The van der Waals surface area contributed by atoms with E-state index in [0.29, 0.717) is 62.0 Å². The van der Waals surface area contributed by atoms with E-state index in [1.165, 1.54) is 0 Å². The van der Waals surface area contributed by atoms with Crippen molar-refractivity contribution in [3.63, 3.8) is 0 Å². The van der Waals surface area contributed by atoms with Crippen LogP contribution in [-0.4, -0.2) is 54.2 Å². The van der Waals surface area contributed by atoms with Crippen LogP contribution in [-0.2, 0) is 33.8 Å². The molecular weight excluding hydrogens is 474 g/mol. The van der Waals surface area contributed by atoms with Crippen LogP contribution in [0.25, 0.3) is 0 Å². The van der Waals surface area contributed by atoms with Crippen molar-refractivity contribution in [2.75, 3.05) is 20.2 Å². The van der Waals surface area contributed by atoms with Crippen molar-refractivity contribution in [1.29, 1.82) is 0 Å². The fourth-order valence-corrected chi connectivity index (χ4v) is 4.78. The average Bonchev–Trinajstić information content (AvgIpc) is 3.30. The minimum Gasteiger partial charge on any atom is -0.493 e. The molecule has 1 N–H and O–H groups in total. The molecule has 3 heterocycles. The van der Waals surface area contributed by atoms with E-state index in [1.807, 2.05) is 49.4 Å². The van der Waals surface area contributed by atoms with E-state index in [-0.39, 0.29) is 30.4 Å². The van der Waals surface area contributed by atoms with Crippen molar-refractivity contribution in [2.24, 2.45) is 0 Å². The molecule has 0 unspecified atom stereocenters. The van der Waals surface area contributed by atoms with Crippen molar-refractivity contribution in [3.8, 4) is 17.2 Å². The molecule has 2 aliphatic rings. The minimum absolute atomic E-state index is 0.0599. The Morgan fingerprint density at radius 2 is 2.05 bits per heavy atom. The Balaban J connectivity index is 1.35. The molecule has 4 bridgehead atoms. The van der Waals surface area contributed by atoms with Crippen LogP contribution >= 0.6 is 0 Å². The molecule has 1 fully saturated rings. The van der Waals surface area contributed by atoms with Gasteiger partial charge in [-0.1, -0.05) is 23.4 Å². The summed E-state index contributed by atoms with van der Waals surface area (Å²) in [5.41, 5.74) is 2.65. The average molecular weight is 506 g/mol. The summed E-state index contributed by atoms with van der Waals surface area (Å²) in [5.74, 6) is 2.28. The second-order valence-corrected chi connectivity index (χ2v) is 9.50. The lowest BCUT2D eigenvalue weighted by Crippen LogP contribution is -2.57. The number of hydrogen-bond acceptors (Lipinski definition) is 7. The van der Waals surface area contributed by atoms with E-state index in [0.717, 1.165) is 16.8 Å². The number of rotatable bonds is 3. The third-order valence-corrected chi connectivity index (χ3v) is 6.71. The Morgan fingerprint density at radius 1 is 1.16 bits per heavy atom. The van der Waals surface area contributed by atoms with Crippen LogP contribution in [0, 0.1) is 6.92 Å². The number of fused-ring (bicyclic) bond motifs is 5. The summed E-state index contributed by atoms with van der Waals surface area (Å²) in [5, 5.41) is 6.99. The fourth-order valence-electron chi connectivity index (χ4n) is 4.78. The molecule has 2 amide bonds. The van der Waals surface area contributed by atoms with Crippen LogP contribution in [0.5, 0.6) is 17.2 Å². The SMILES string of the molecule is COc1ccc2cc1Oc1cccc(c1)CO[C@@H]1CCN(C(=O)Cc3cc(C)no3)C[C@@H]1NC(=O)CC2. The molecule has 9 heteroatoms. The molecule has 2 atom stereocenters. The monoisotopic (exact) mass is 505 g/mol. The van der Waals surface area contributed by atoms with Gasteiger partial charge in [0.15, 0.2) is 11.5 Å². The number of benzene rings is 2. The third-order valence-electron chi connectivity index (χ3n) is 6.71. The molecule has 37 heavy (non-hydrogen) atoms. The van der Waals surface area contributed by atoms with Crippen molar-refractivity contribution in [1.82, 2.24) is 15.4 Å². The standard InChI is InChI=1S/C28H31N3O6/c1-18-12-22(37-30-18)15-28(33)31-11-10-24-23(16-31)29-27(32)9-7-19-6-8-25(34-2)26(14-19)36-21-5-3-4-20(13-21)17-35-24/h3-6,8,12-14,23-24H,7,9-11,15-17H2,1-2H3,(H,29,32)/t23-,24+/m0/s1. The zero-order valence-corrected chi connectivity index (χ0v) is 21.1. The molecule has 0 aliphatic carbocycles. The second-order valence-electron chi connectivity index (χ2n) is 9.50. The molecule has 1 aromatic heterocycles. The number of hydrogen-bond donors (Lipinski definition) is 1. The summed E-state index contributed by atoms with van der Waals surface area (Å²) in [4.78, 5) is 27.7. The number of likely N-dealkylation sites (tertiary alicyclic amines) is 1. The Labute approximate surface area is 215 Å². The van der Waals surface area contributed by atoms with Gasteiger partial charge in [-0.05, 0) is 55.2 Å². The summed E-state index contributed by atoms with van der Waals surface area (Å²) in [6, 6.07) is 14.9. The van der Waals surface area contributed by atoms with Gasteiger partial charge in [0.2, 0.25) is 11.8 Å². The van der Waals surface area contributed by atoms with Gasteiger partial charge in [-0.25, -0.2) is 0 Å². The lowest BCUT2D eigenvalue weighted by atomic mass is 10.0. The maximum atomic E-state index is 13.0. The van der Waals surface area contributed by atoms with Crippen LogP contribution in [0.1, 0.15) is 35.4 Å². The quantitative estimate of drug-likeness (QED) is 0.580. The predicted octanol–water partition coefficient (Wildman–Crippen LogP) is 3.58. The van der Waals surface area contributed by atoms with Crippen molar-refractivity contribution in [2.45, 2.75) is 51.4 Å². The molecule has 3 aromatic rings. The largest absolute Gasteiger partial charge is 0.493 e. The summed E-state index contributed by atoms with van der Waals surface area (Å²) < 4.78 is 23.1. The normalized spacial score (nSPS) is 20.1. The van der Waals surface area contributed by atoms with Crippen molar-refractivity contribution < 1.29 is 28.3 Å². The van der Waals surface area contributed by atoms with E-state index in [9.17, 15) is 9.59 Å². The van der Waals surface area contributed by atoms with Gasteiger partial charge >= 0.3 is 0 Å². The smallest absolute Gasteiger partial charge is 0.230 e. The van der Waals surface area contributed by atoms with Crippen molar-refractivity contribution >= 4 is 11.8 Å². The van der Waals surface area contributed by atoms with E-state index < -0.39 is 0 Å². The number of aryl methyl sites for hydroxylation is 2. The zero-order chi connectivity index (χ0) is 25.8. The highest BCUT2D eigenvalue weighted by atomic mass is 16.5. The van der Waals surface area contributed by atoms with Gasteiger partial charge < -0.3 is 29.0 Å². The van der Waals surface area contributed by atoms with Crippen LogP contribution in [0.15, 0.2) is 53.1 Å². The first kappa shape index (κ1) is 24.8. The topological polar surface area (TPSA) is 103 Å². The van der Waals surface area contributed by atoms with Gasteiger partial charge in [0.05, 0.1) is 38.0 Å². The molecule has 0 radical (unpaired) electrons. The third kappa shape index (κ3) is 6.11. The summed E-state index contributed by atoms with van der Waals surface area (Å²) in [7, 11) is 1.60. The molecule has 2 aromatic carbocycles. The second kappa shape index (κ2) is 11.0. The van der Waals surface area contributed by atoms with Gasteiger partial charge in [-0.2, -0.15) is 0 Å². The lowest BCUT2D eigenvalue weighted by molar-refractivity contribution is -0.137. The number of carbonyl (C=O) groups is 2. The molecule has 1 saturated heterocycles. The highest BCUT2D eigenvalue weighted by Gasteiger charge is 2.33. The van der Waals surface area contributed by atoms with Crippen LogP contribution in [0.4, 0.5) is 0 Å². The number of nitrogens with zero attached hydrogens (tertiary/aromatic N) is 2. The van der Waals surface area contributed by atoms with Gasteiger partial charge in [0.25, 0.3) is 0 Å². The minimum atomic E-state index is -0.322. The van der Waals surface area contributed by atoms with Gasteiger partial charge in [0.1, 0.15) is 11.5 Å². The molecule has 0 spiro atoms. The number of piperidine rings is 1. The van der Waals surface area contributed by atoms with E-state index >= 15 is 0 Å². The predicted molar refractivity (Wildman–Crippen MR) is 134 cm³/mol. The molecule has 194 valence electrons. The van der Waals surface area contributed by atoms with Gasteiger partial charge in [-0.15, -0.1) is 0 Å². The number of amides is 2. The maximum Gasteiger partial charge on any atom is 0.230 e. The Bertz CT molecular complexity index is 1270. The van der Waals surface area contributed by atoms with E-state index in [1.54, 1.807) is 18.1 Å². The Morgan fingerprint density at radius 3 is 2.86 bits per heavy atom. The number of carbonyl (C=O) groups excluding carboxylic acids is 2. The number of nitrogens with one attached hydrogen (secondary N) is 1. The summed E-state index contributed by atoms with van der Waals surface area (Å²) in [6.45, 7) is 3.09.